The number of carbonyl (C=O) groups is 1. The van der Waals surface area contributed by atoms with E-state index in [0.717, 1.165) is 12.8 Å². The van der Waals surface area contributed by atoms with Gasteiger partial charge in [0.05, 0.1) is 17.5 Å². The summed E-state index contributed by atoms with van der Waals surface area (Å²) < 4.78 is 29.1. The minimum atomic E-state index is -2.91. The summed E-state index contributed by atoms with van der Waals surface area (Å²) in [5, 5.41) is 9.55. The fraction of sp³-hybridized carbons (Fsp3) is 0.375. The molecule has 0 saturated heterocycles. The highest BCUT2D eigenvalue weighted by Crippen LogP contribution is 2.32. The summed E-state index contributed by atoms with van der Waals surface area (Å²) in [5.74, 6) is 0.152. The first kappa shape index (κ1) is 16.4. The van der Waals surface area contributed by atoms with Gasteiger partial charge in [0, 0.05) is 18.2 Å². The van der Waals surface area contributed by atoms with E-state index >= 15 is 0 Å². The Bertz CT molecular complexity index is 716. The van der Waals surface area contributed by atoms with Crippen LogP contribution in [-0.2, 0) is 0 Å². The molecule has 128 valence electrons. The molecular weight excluding hydrogens is 318 g/mol. The Hall–Kier alpha value is -2.48. The van der Waals surface area contributed by atoms with Crippen molar-refractivity contribution in [1.29, 1.82) is 0 Å². The maximum Gasteiger partial charge on any atom is 0.387 e. The molecule has 0 aliphatic heterocycles. The number of benzene rings is 1. The quantitative estimate of drug-likeness (QED) is 0.722. The number of nitrogens with zero attached hydrogens (tertiary/aromatic N) is 1. The number of amides is 1. The van der Waals surface area contributed by atoms with Crippen LogP contribution in [0.3, 0.4) is 0 Å². The zero-order valence-corrected chi connectivity index (χ0v) is 12.8. The lowest BCUT2D eigenvalue weighted by molar-refractivity contribution is -0.0498. The number of rotatable bonds is 7. The van der Waals surface area contributed by atoms with Crippen molar-refractivity contribution in [2.45, 2.75) is 25.5 Å². The van der Waals surface area contributed by atoms with Crippen LogP contribution in [0.15, 0.2) is 30.5 Å². The first-order valence-electron chi connectivity index (χ1n) is 7.68. The highest BCUT2D eigenvalue weighted by Gasteiger charge is 2.32. The number of aromatic amines is 1. The van der Waals surface area contributed by atoms with Crippen LogP contribution >= 0.6 is 0 Å². The molecule has 1 aliphatic carbocycles. The summed E-state index contributed by atoms with van der Waals surface area (Å²) in [7, 11) is 0. The maximum absolute atomic E-state index is 12.5. The van der Waals surface area contributed by atoms with Crippen molar-refractivity contribution in [2.24, 2.45) is 11.7 Å². The van der Waals surface area contributed by atoms with Gasteiger partial charge in [-0.25, -0.2) is 0 Å². The second-order valence-electron chi connectivity index (χ2n) is 5.72. The molecule has 2 aromatic rings. The van der Waals surface area contributed by atoms with Gasteiger partial charge < -0.3 is 15.8 Å². The predicted molar refractivity (Wildman–Crippen MR) is 83.7 cm³/mol. The molecule has 1 atom stereocenters. The molecule has 1 unspecified atom stereocenters. The molecule has 0 radical (unpaired) electrons. The topological polar surface area (TPSA) is 93.0 Å². The van der Waals surface area contributed by atoms with Crippen LogP contribution in [0.4, 0.5) is 8.78 Å². The Morgan fingerprint density at radius 1 is 1.46 bits per heavy atom. The highest BCUT2D eigenvalue weighted by atomic mass is 19.3. The second-order valence-corrected chi connectivity index (χ2v) is 5.72. The fourth-order valence-corrected chi connectivity index (χ4v) is 2.62. The van der Waals surface area contributed by atoms with E-state index < -0.39 is 6.61 Å². The Kier molecular flexibility index (Phi) is 4.75. The summed E-state index contributed by atoms with van der Waals surface area (Å²) in [6.07, 6.45) is 3.53. The Morgan fingerprint density at radius 2 is 2.25 bits per heavy atom. The van der Waals surface area contributed by atoms with Crippen LogP contribution in [0.1, 0.15) is 23.2 Å². The number of hydrogen-bond acceptors (Lipinski definition) is 4. The molecular formula is C16H18F2N4O2. The molecule has 1 heterocycles. The molecule has 1 amide bonds. The first-order valence-corrected chi connectivity index (χ1v) is 7.68. The van der Waals surface area contributed by atoms with E-state index in [1.165, 1.54) is 18.3 Å². The Morgan fingerprint density at radius 3 is 2.92 bits per heavy atom. The average molecular weight is 336 g/mol. The number of carbonyl (C=O) groups excluding carboxylic acids is 1. The van der Waals surface area contributed by atoms with Crippen LogP contribution in [0.2, 0.25) is 0 Å². The lowest BCUT2D eigenvalue weighted by Crippen LogP contribution is -2.41. The van der Waals surface area contributed by atoms with Crippen LogP contribution in [0.5, 0.6) is 5.75 Å². The van der Waals surface area contributed by atoms with Gasteiger partial charge in [0.25, 0.3) is 5.91 Å². The summed E-state index contributed by atoms with van der Waals surface area (Å²) in [5.41, 5.74) is 7.02. The summed E-state index contributed by atoms with van der Waals surface area (Å²) in [6, 6.07) is 6.04. The van der Waals surface area contributed by atoms with E-state index in [4.69, 9.17) is 5.73 Å². The number of nitrogens with two attached hydrogens (primary N) is 1. The molecule has 0 bridgehead atoms. The van der Waals surface area contributed by atoms with E-state index in [2.05, 4.69) is 20.3 Å². The van der Waals surface area contributed by atoms with Gasteiger partial charge in [-0.1, -0.05) is 12.1 Å². The summed E-state index contributed by atoms with van der Waals surface area (Å²) >= 11 is 0. The number of hydrogen-bond donors (Lipinski definition) is 3. The van der Waals surface area contributed by atoms with Gasteiger partial charge in [-0.15, -0.1) is 0 Å². The van der Waals surface area contributed by atoms with Crippen molar-refractivity contribution in [3.63, 3.8) is 0 Å². The van der Waals surface area contributed by atoms with E-state index in [1.807, 2.05) is 0 Å². The van der Waals surface area contributed by atoms with Gasteiger partial charge in [0.2, 0.25) is 0 Å². The van der Waals surface area contributed by atoms with Gasteiger partial charge in [0.15, 0.2) is 0 Å². The molecule has 3 rings (SSSR count). The summed E-state index contributed by atoms with van der Waals surface area (Å²) in [6.45, 7) is -2.53. The molecule has 4 N–H and O–H groups in total. The van der Waals surface area contributed by atoms with Crippen molar-refractivity contribution in [1.82, 2.24) is 15.5 Å². The van der Waals surface area contributed by atoms with E-state index in [0.29, 0.717) is 29.3 Å². The van der Waals surface area contributed by atoms with Gasteiger partial charge >= 0.3 is 6.61 Å². The molecule has 1 saturated carbocycles. The summed E-state index contributed by atoms with van der Waals surface area (Å²) in [4.78, 5) is 12.5. The smallest absolute Gasteiger partial charge is 0.387 e. The fourth-order valence-electron chi connectivity index (χ4n) is 2.62. The SMILES string of the molecule is NCC(NC(=O)c1cn[nH]c1-c1cccc(OC(F)F)c1)C1CC1. The molecule has 8 heteroatoms. The standard InChI is InChI=1S/C16H18F2N4O2/c17-16(18)24-11-3-1-2-10(6-11)14-12(8-20-22-14)15(23)21-13(7-19)9-4-5-9/h1-3,6,8-9,13,16H,4-5,7,19H2,(H,20,22)(H,21,23). The van der Waals surface area contributed by atoms with Gasteiger partial charge in [-0.3, -0.25) is 9.89 Å². The van der Waals surface area contributed by atoms with Crippen LogP contribution in [-0.4, -0.2) is 35.3 Å². The molecule has 6 nitrogen and oxygen atoms in total. The molecule has 1 aromatic heterocycles. The van der Waals surface area contributed by atoms with Crippen molar-refractivity contribution in [2.75, 3.05) is 6.54 Å². The van der Waals surface area contributed by atoms with Crippen molar-refractivity contribution in [3.8, 4) is 17.0 Å². The molecule has 1 aliphatic rings. The monoisotopic (exact) mass is 336 g/mol. The lowest BCUT2D eigenvalue weighted by Gasteiger charge is -2.16. The molecule has 1 fully saturated rings. The third-order valence-electron chi connectivity index (χ3n) is 3.99. The minimum absolute atomic E-state index is 0.0151. The van der Waals surface area contributed by atoms with Crippen LogP contribution in [0.25, 0.3) is 11.3 Å². The number of halogens is 2. The molecule has 1 aromatic carbocycles. The lowest BCUT2D eigenvalue weighted by atomic mass is 10.1. The van der Waals surface area contributed by atoms with Crippen LogP contribution in [0, 0.1) is 5.92 Å². The van der Waals surface area contributed by atoms with Crippen molar-refractivity contribution in [3.05, 3.63) is 36.0 Å². The largest absolute Gasteiger partial charge is 0.435 e. The first-order chi connectivity index (χ1) is 11.6. The van der Waals surface area contributed by atoms with E-state index in [9.17, 15) is 13.6 Å². The number of aromatic nitrogens is 2. The molecule has 0 spiro atoms. The van der Waals surface area contributed by atoms with Crippen molar-refractivity contribution >= 4 is 5.91 Å². The number of nitrogens with one attached hydrogen (secondary N) is 2. The predicted octanol–water partition coefficient (Wildman–Crippen LogP) is 2.15. The van der Waals surface area contributed by atoms with Crippen molar-refractivity contribution < 1.29 is 18.3 Å². The number of alkyl halides is 2. The highest BCUT2D eigenvalue weighted by molar-refractivity contribution is 6.00. The molecule has 24 heavy (non-hydrogen) atoms. The maximum atomic E-state index is 12.5. The third-order valence-corrected chi connectivity index (χ3v) is 3.99. The van der Waals surface area contributed by atoms with Gasteiger partial charge in [-0.2, -0.15) is 13.9 Å². The number of ether oxygens (including phenoxy) is 1. The normalized spacial score (nSPS) is 15.3. The van der Waals surface area contributed by atoms with Gasteiger partial charge in [0.1, 0.15) is 5.75 Å². The Balaban J connectivity index is 1.80. The second kappa shape index (κ2) is 6.96. The minimum Gasteiger partial charge on any atom is -0.435 e. The van der Waals surface area contributed by atoms with E-state index in [-0.39, 0.29) is 17.7 Å². The van der Waals surface area contributed by atoms with E-state index in [1.54, 1.807) is 12.1 Å². The zero-order valence-electron chi connectivity index (χ0n) is 12.8. The zero-order chi connectivity index (χ0) is 17.1. The Labute approximate surface area is 137 Å². The van der Waals surface area contributed by atoms with Crippen LogP contribution < -0.4 is 15.8 Å². The number of H-pyrrole nitrogens is 1. The third kappa shape index (κ3) is 3.70. The van der Waals surface area contributed by atoms with Gasteiger partial charge in [-0.05, 0) is 30.9 Å². The average Bonchev–Trinajstić information content (AvgIpc) is 3.27.